The van der Waals surface area contributed by atoms with E-state index in [1.807, 2.05) is 26.0 Å². The number of nitrogens with one attached hydrogen (secondary N) is 2. The maximum atomic E-state index is 12.5. The second kappa shape index (κ2) is 8.21. The Kier molecular flexibility index (Phi) is 5.88. The molecular formula is C22H29N5O2. The molecule has 0 saturated heterocycles. The molecule has 7 nitrogen and oxygen atoms in total. The highest BCUT2D eigenvalue weighted by atomic mass is 16.1. The summed E-state index contributed by atoms with van der Waals surface area (Å²) in [6.07, 6.45) is 0.161. The maximum absolute atomic E-state index is 12.5. The van der Waals surface area contributed by atoms with E-state index in [9.17, 15) is 9.59 Å². The van der Waals surface area contributed by atoms with Gasteiger partial charge < -0.3 is 11.1 Å². The van der Waals surface area contributed by atoms with Crippen LogP contribution in [0.15, 0.2) is 29.1 Å². The van der Waals surface area contributed by atoms with Crippen molar-refractivity contribution in [2.75, 3.05) is 6.54 Å². The van der Waals surface area contributed by atoms with Crippen molar-refractivity contribution in [2.24, 2.45) is 12.8 Å². The molecule has 3 rings (SSSR count). The number of hydrogen-bond acceptors (Lipinski definition) is 4. The van der Waals surface area contributed by atoms with Crippen LogP contribution in [0.1, 0.15) is 53.8 Å². The van der Waals surface area contributed by atoms with Gasteiger partial charge in [0.2, 0.25) is 5.91 Å². The second-order valence-electron chi connectivity index (χ2n) is 7.91. The summed E-state index contributed by atoms with van der Waals surface area (Å²) < 4.78 is 1.60. The number of nitrogens with zero attached hydrogens (tertiary/aromatic N) is 2. The van der Waals surface area contributed by atoms with Gasteiger partial charge in [-0.1, -0.05) is 38.1 Å². The van der Waals surface area contributed by atoms with E-state index in [2.05, 4.69) is 41.4 Å². The fourth-order valence-corrected chi connectivity index (χ4v) is 3.60. The van der Waals surface area contributed by atoms with Gasteiger partial charge in [-0.05, 0) is 42.0 Å². The molecule has 4 N–H and O–H groups in total. The molecule has 1 amide bonds. The highest BCUT2D eigenvalue weighted by molar-refractivity contribution is 5.84. The first-order valence-corrected chi connectivity index (χ1v) is 9.86. The summed E-state index contributed by atoms with van der Waals surface area (Å²) >= 11 is 0. The predicted octanol–water partition coefficient (Wildman–Crippen LogP) is 2.36. The lowest BCUT2D eigenvalue weighted by Crippen LogP contribution is -2.33. The molecule has 7 heteroatoms. The summed E-state index contributed by atoms with van der Waals surface area (Å²) in [5.41, 5.74) is 11.2. The van der Waals surface area contributed by atoms with E-state index in [1.54, 1.807) is 11.7 Å². The van der Waals surface area contributed by atoms with Crippen LogP contribution < -0.4 is 16.6 Å². The Morgan fingerprint density at radius 2 is 1.83 bits per heavy atom. The Hall–Kier alpha value is -2.93. The number of nitrogens with two attached hydrogens (primary N) is 1. The van der Waals surface area contributed by atoms with Gasteiger partial charge in [-0.25, -0.2) is 4.98 Å². The lowest BCUT2D eigenvalue weighted by molar-refractivity contribution is -0.120. The minimum atomic E-state index is -0.278. The number of aryl methyl sites for hydroxylation is 3. The number of H-pyrrole nitrogens is 1. The highest BCUT2D eigenvalue weighted by Gasteiger charge is 2.18. The van der Waals surface area contributed by atoms with Crippen molar-refractivity contribution in [3.8, 4) is 0 Å². The average molecular weight is 396 g/mol. The molecule has 3 aromatic rings. The predicted molar refractivity (Wildman–Crippen MR) is 115 cm³/mol. The van der Waals surface area contributed by atoms with Gasteiger partial charge in [0.05, 0.1) is 11.8 Å². The van der Waals surface area contributed by atoms with Gasteiger partial charge in [0.15, 0.2) is 5.65 Å². The molecule has 0 fully saturated rings. The van der Waals surface area contributed by atoms with E-state index in [4.69, 9.17) is 5.73 Å². The van der Waals surface area contributed by atoms with Gasteiger partial charge in [-0.2, -0.15) is 0 Å². The van der Waals surface area contributed by atoms with Crippen LogP contribution in [0.2, 0.25) is 0 Å². The molecule has 2 aromatic heterocycles. The van der Waals surface area contributed by atoms with E-state index in [-0.39, 0.29) is 23.9 Å². The van der Waals surface area contributed by atoms with Crippen molar-refractivity contribution in [1.29, 1.82) is 0 Å². The second-order valence-corrected chi connectivity index (χ2v) is 7.91. The Balaban J connectivity index is 1.69. The Bertz CT molecular complexity index is 1090. The lowest BCUT2D eigenvalue weighted by Gasteiger charge is -2.15. The van der Waals surface area contributed by atoms with Crippen molar-refractivity contribution >= 4 is 16.9 Å². The van der Waals surface area contributed by atoms with Crippen LogP contribution in [0.5, 0.6) is 0 Å². The van der Waals surface area contributed by atoms with Crippen LogP contribution >= 0.6 is 0 Å². The number of rotatable bonds is 6. The smallest absolute Gasteiger partial charge is 0.273 e. The molecule has 0 aliphatic rings. The SMILES string of the molecule is Cc1nc2c(c(C)c1CC(=O)NCC(N)c1ccc(C(C)C)cc1)c(=O)[nH]n2C. The van der Waals surface area contributed by atoms with Crippen molar-refractivity contribution < 1.29 is 4.79 Å². The van der Waals surface area contributed by atoms with Crippen molar-refractivity contribution in [3.63, 3.8) is 0 Å². The monoisotopic (exact) mass is 395 g/mol. The topological polar surface area (TPSA) is 106 Å². The molecule has 1 atom stereocenters. The van der Waals surface area contributed by atoms with Gasteiger partial charge in [-0.15, -0.1) is 0 Å². The number of hydrogen-bond donors (Lipinski definition) is 3. The number of carbonyl (C=O) groups excluding carboxylic acids is 1. The van der Waals surface area contributed by atoms with E-state index in [0.29, 0.717) is 23.5 Å². The van der Waals surface area contributed by atoms with Crippen LogP contribution in [0, 0.1) is 13.8 Å². The fourth-order valence-electron chi connectivity index (χ4n) is 3.60. The molecule has 0 saturated carbocycles. The van der Waals surface area contributed by atoms with Crippen LogP contribution in [0.3, 0.4) is 0 Å². The quantitative estimate of drug-likeness (QED) is 0.596. The molecule has 1 unspecified atom stereocenters. The van der Waals surface area contributed by atoms with E-state index in [1.165, 1.54) is 5.56 Å². The molecule has 1 aromatic carbocycles. The third-order valence-corrected chi connectivity index (χ3v) is 5.46. The number of carbonyl (C=O) groups is 1. The molecule has 0 aliphatic carbocycles. The Morgan fingerprint density at radius 1 is 1.21 bits per heavy atom. The van der Waals surface area contributed by atoms with E-state index < -0.39 is 0 Å². The third kappa shape index (κ3) is 4.24. The Labute approximate surface area is 170 Å². The lowest BCUT2D eigenvalue weighted by atomic mass is 9.99. The third-order valence-electron chi connectivity index (χ3n) is 5.46. The number of benzene rings is 1. The summed E-state index contributed by atoms with van der Waals surface area (Å²) in [5, 5.41) is 6.15. The van der Waals surface area contributed by atoms with Crippen LogP contribution in [-0.4, -0.2) is 27.2 Å². The van der Waals surface area contributed by atoms with Gasteiger partial charge in [0, 0.05) is 25.3 Å². The van der Waals surface area contributed by atoms with Crippen molar-refractivity contribution in [3.05, 3.63) is 62.6 Å². The summed E-state index contributed by atoms with van der Waals surface area (Å²) in [7, 11) is 1.75. The van der Waals surface area contributed by atoms with Crippen molar-refractivity contribution in [2.45, 2.75) is 46.1 Å². The van der Waals surface area contributed by atoms with Gasteiger partial charge in [0.25, 0.3) is 5.56 Å². The first-order valence-electron chi connectivity index (χ1n) is 9.86. The number of amides is 1. The minimum Gasteiger partial charge on any atom is -0.354 e. The number of aromatic nitrogens is 3. The summed E-state index contributed by atoms with van der Waals surface area (Å²) in [5.74, 6) is 0.327. The molecule has 0 radical (unpaired) electrons. The zero-order valence-corrected chi connectivity index (χ0v) is 17.7. The van der Waals surface area contributed by atoms with Crippen LogP contribution in [-0.2, 0) is 18.3 Å². The first kappa shape index (κ1) is 20.8. The van der Waals surface area contributed by atoms with Gasteiger partial charge in [0.1, 0.15) is 0 Å². The normalized spacial score (nSPS) is 12.5. The standard InChI is InChI=1S/C22H29N5O2/c1-12(2)15-6-8-16(9-7-15)18(23)11-24-19(28)10-17-13(3)20-21(25-14(17)4)27(5)26-22(20)29/h6-9,12,18H,10-11,23H2,1-5H3,(H,24,28)(H,26,29). The minimum absolute atomic E-state index is 0.140. The largest absolute Gasteiger partial charge is 0.354 e. The summed E-state index contributed by atoms with van der Waals surface area (Å²) in [6.45, 7) is 8.36. The zero-order valence-electron chi connectivity index (χ0n) is 17.7. The zero-order chi connectivity index (χ0) is 21.3. The van der Waals surface area contributed by atoms with Gasteiger partial charge >= 0.3 is 0 Å². The summed E-state index contributed by atoms with van der Waals surface area (Å²) in [4.78, 5) is 29.2. The maximum Gasteiger partial charge on any atom is 0.273 e. The fraction of sp³-hybridized carbons (Fsp3) is 0.409. The Morgan fingerprint density at radius 3 is 2.45 bits per heavy atom. The number of pyridine rings is 1. The number of aromatic amines is 1. The molecule has 0 aliphatic heterocycles. The van der Waals surface area contributed by atoms with Crippen LogP contribution in [0.25, 0.3) is 11.0 Å². The van der Waals surface area contributed by atoms with E-state index in [0.717, 1.165) is 22.4 Å². The highest BCUT2D eigenvalue weighted by Crippen LogP contribution is 2.20. The van der Waals surface area contributed by atoms with Gasteiger partial charge in [-0.3, -0.25) is 19.4 Å². The van der Waals surface area contributed by atoms with Crippen molar-refractivity contribution in [1.82, 2.24) is 20.1 Å². The molecule has 2 heterocycles. The molecule has 0 spiro atoms. The van der Waals surface area contributed by atoms with E-state index >= 15 is 0 Å². The molecule has 154 valence electrons. The first-order chi connectivity index (χ1) is 13.7. The molecule has 29 heavy (non-hydrogen) atoms. The molecule has 0 bridgehead atoms. The van der Waals surface area contributed by atoms with Crippen LogP contribution in [0.4, 0.5) is 0 Å². The number of fused-ring (bicyclic) bond motifs is 1. The molecular weight excluding hydrogens is 366 g/mol. The summed E-state index contributed by atoms with van der Waals surface area (Å²) in [6, 6.07) is 7.90. The average Bonchev–Trinajstić information content (AvgIpc) is 2.96.